The van der Waals surface area contributed by atoms with Gasteiger partial charge in [-0.25, -0.2) is 0 Å². The van der Waals surface area contributed by atoms with E-state index in [-0.39, 0.29) is 11.9 Å². The van der Waals surface area contributed by atoms with Crippen LogP contribution in [0.2, 0.25) is 0 Å². The molecule has 0 saturated carbocycles. The number of halogens is 1. The Morgan fingerprint density at radius 1 is 1.40 bits per heavy atom. The summed E-state index contributed by atoms with van der Waals surface area (Å²) in [6.45, 7) is 4.13. The number of benzene rings is 1. The van der Waals surface area contributed by atoms with Crippen LogP contribution in [0.1, 0.15) is 30.5 Å². The molecule has 15 heavy (non-hydrogen) atoms. The van der Waals surface area contributed by atoms with Crippen molar-refractivity contribution in [2.75, 3.05) is 5.33 Å². The van der Waals surface area contributed by atoms with Crippen LogP contribution in [0.15, 0.2) is 24.3 Å². The van der Waals surface area contributed by atoms with Crippen LogP contribution in [0.5, 0.6) is 0 Å². The molecule has 0 spiro atoms. The molecule has 1 amide bonds. The zero-order valence-corrected chi connectivity index (χ0v) is 10.7. The van der Waals surface area contributed by atoms with Gasteiger partial charge in [0.1, 0.15) is 0 Å². The van der Waals surface area contributed by atoms with Gasteiger partial charge in [-0.05, 0) is 18.9 Å². The lowest BCUT2D eigenvalue weighted by molar-refractivity contribution is -0.119. The maximum Gasteiger partial charge on any atom is 0.231 e. The van der Waals surface area contributed by atoms with Gasteiger partial charge < -0.3 is 5.32 Å². The predicted molar refractivity (Wildman–Crippen MR) is 66.1 cm³/mol. The van der Waals surface area contributed by atoms with E-state index in [1.165, 1.54) is 5.56 Å². The Kier molecular flexibility index (Phi) is 4.82. The molecule has 1 aromatic carbocycles. The molecule has 0 saturated heterocycles. The van der Waals surface area contributed by atoms with E-state index in [1.807, 2.05) is 0 Å². The number of carbonyl (C=O) groups is 1. The van der Waals surface area contributed by atoms with E-state index < -0.39 is 0 Å². The van der Waals surface area contributed by atoms with Gasteiger partial charge in [-0.15, -0.1) is 0 Å². The normalized spacial score (nSPS) is 12.2. The van der Waals surface area contributed by atoms with Crippen LogP contribution in [0, 0.1) is 6.92 Å². The van der Waals surface area contributed by atoms with Crippen LogP contribution in [-0.4, -0.2) is 11.2 Å². The van der Waals surface area contributed by atoms with Gasteiger partial charge in [0.15, 0.2) is 0 Å². The minimum atomic E-state index is 0.0300. The van der Waals surface area contributed by atoms with E-state index in [1.54, 1.807) is 0 Å². The van der Waals surface area contributed by atoms with Gasteiger partial charge in [-0.1, -0.05) is 52.7 Å². The van der Waals surface area contributed by atoms with Crippen LogP contribution >= 0.6 is 15.9 Å². The first-order valence-electron chi connectivity index (χ1n) is 5.09. The van der Waals surface area contributed by atoms with Gasteiger partial charge in [0.2, 0.25) is 5.91 Å². The first kappa shape index (κ1) is 12.2. The summed E-state index contributed by atoms with van der Waals surface area (Å²) in [5.74, 6) is 0.0300. The lowest BCUT2D eigenvalue weighted by atomic mass is 10.0. The maximum atomic E-state index is 11.3. The summed E-state index contributed by atoms with van der Waals surface area (Å²) >= 11 is 3.14. The van der Waals surface area contributed by atoms with Gasteiger partial charge in [0, 0.05) is 0 Å². The lowest BCUT2D eigenvalue weighted by Crippen LogP contribution is -2.28. The first-order valence-corrected chi connectivity index (χ1v) is 6.21. The van der Waals surface area contributed by atoms with Crippen LogP contribution < -0.4 is 5.32 Å². The highest BCUT2D eigenvalue weighted by molar-refractivity contribution is 9.09. The fourth-order valence-corrected chi connectivity index (χ4v) is 1.61. The zero-order chi connectivity index (χ0) is 11.3. The summed E-state index contributed by atoms with van der Waals surface area (Å²) in [5, 5.41) is 3.32. The molecule has 0 aliphatic carbocycles. The van der Waals surface area contributed by atoms with E-state index in [2.05, 4.69) is 59.4 Å². The molecule has 0 fully saturated rings. The third-order valence-corrected chi connectivity index (χ3v) is 2.85. The highest BCUT2D eigenvalue weighted by Gasteiger charge is 2.10. The van der Waals surface area contributed by atoms with Gasteiger partial charge in [0.05, 0.1) is 11.4 Å². The molecule has 0 aromatic heterocycles. The Balaban J connectivity index is 2.74. The molecule has 2 nitrogen and oxygen atoms in total. The second kappa shape index (κ2) is 5.91. The van der Waals surface area contributed by atoms with E-state index >= 15 is 0 Å². The lowest BCUT2D eigenvalue weighted by Gasteiger charge is -2.16. The highest BCUT2D eigenvalue weighted by Crippen LogP contribution is 2.16. The molecule has 1 rings (SSSR count). The minimum Gasteiger partial charge on any atom is -0.349 e. The Hall–Kier alpha value is -0.830. The summed E-state index contributed by atoms with van der Waals surface area (Å²) in [4.78, 5) is 11.3. The fourth-order valence-electron chi connectivity index (χ4n) is 1.45. The van der Waals surface area contributed by atoms with Gasteiger partial charge in [-0.3, -0.25) is 4.79 Å². The number of nitrogens with one attached hydrogen (secondary N) is 1. The largest absolute Gasteiger partial charge is 0.349 e. The van der Waals surface area contributed by atoms with Crippen LogP contribution in [0.4, 0.5) is 0 Å². The number of aryl methyl sites for hydroxylation is 1. The van der Waals surface area contributed by atoms with E-state index in [0.29, 0.717) is 5.33 Å². The molecule has 0 heterocycles. The molecule has 0 aliphatic heterocycles. The average Bonchev–Trinajstić information content (AvgIpc) is 2.27. The summed E-state index contributed by atoms with van der Waals surface area (Å²) in [5.41, 5.74) is 2.40. The first-order chi connectivity index (χ1) is 7.17. The van der Waals surface area contributed by atoms with Crippen molar-refractivity contribution in [1.29, 1.82) is 0 Å². The third-order valence-electron chi connectivity index (χ3n) is 2.34. The van der Waals surface area contributed by atoms with Crippen LogP contribution in [-0.2, 0) is 4.79 Å². The second-order valence-corrected chi connectivity index (χ2v) is 4.13. The number of rotatable bonds is 4. The molecular weight excluding hydrogens is 254 g/mol. The molecule has 1 unspecified atom stereocenters. The number of amides is 1. The highest BCUT2D eigenvalue weighted by atomic mass is 79.9. The SMILES string of the molecule is CCC(NC(=O)CBr)c1ccc(C)cc1. The smallest absolute Gasteiger partial charge is 0.231 e. The molecule has 82 valence electrons. The van der Waals surface area contributed by atoms with Crippen LogP contribution in [0.25, 0.3) is 0 Å². The topological polar surface area (TPSA) is 29.1 Å². The third kappa shape index (κ3) is 3.67. The molecule has 3 heteroatoms. The maximum absolute atomic E-state index is 11.3. The second-order valence-electron chi connectivity index (χ2n) is 3.57. The summed E-state index contributed by atoms with van der Waals surface area (Å²) in [7, 11) is 0. The van der Waals surface area contributed by atoms with Crippen molar-refractivity contribution < 1.29 is 4.79 Å². The summed E-state index contributed by atoms with van der Waals surface area (Å²) in [6.07, 6.45) is 0.905. The van der Waals surface area contributed by atoms with Gasteiger partial charge in [0.25, 0.3) is 0 Å². The molecule has 0 bridgehead atoms. The van der Waals surface area contributed by atoms with Gasteiger partial charge in [-0.2, -0.15) is 0 Å². The molecule has 1 atom stereocenters. The van der Waals surface area contributed by atoms with E-state index in [0.717, 1.165) is 12.0 Å². The van der Waals surface area contributed by atoms with Crippen LogP contribution in [0.3, 0.4) is 0 Å². The summed E-state index contributed by atoms with van der Waals surface area (Å²) < 4.78 is 0. The average molecular weight is 270 g/mol. The fraction of sp³-hybridized carbons (Fsp3) is 0.417. The van der Waals surface area contributed by atoms with Crippen molar-refractivity contribution in [2.45, 2.75) is 26.3 Å². The van der Waals surface area contributed by atoms with Crippen molar-refractivity contribution in [3.63, 3.8) is 0 Å². The number of carbonyl (C=O) groups excluding carboxylic acids is 1. The predicted octanol–water partition coefficient (Wildman–Crippen LogP) is 2.96. The molecular formula is C12H16BrNO. The van der Waals surface area contributed by atoms with Crippen molar-refractivity contribution in [3.8, 4) is 0 Å². The number of hydrogen-bond acceptors (Lipinski definition) is 1. The van der Waals surface area contributed by atoms with Crippen molar-refractivity contribution in [2.24, 2.45) is 0 Å². The van der Waals surface area contributed by atoms with E-state index in [4.69, 9.17) is 0 Å². The molecule has 1 N–H and O–H groups in total. The van der Waals surface area contributed by atoms with Gasteiger partial charge >= 0.3 is 0 Å². The van der Waals surface area contributed by atoms with Crippen molar-refractivity contribution >= 4 is 21.8 Å². The number of hydrogen-bond donors (Lipinski definition) is 1. The van der Waals surface area contributed by atoms with Crippen molar-refractivity contribution in [3.05, 3.63) is 35.4 Å². The summed E-state index contributed by atoms with van der Waals surface area (Å²) in [6, 6.07) is 8.39. The Labute approximate surface area is 99.2 Å². The van der Waals surface area contributed by atoms with Crippen molar-refractivity contribution in [1.82, 2.24) is 5.32 Å². The minimum absolute atomic E-state index is 0.0300. The van der Waals surface area contributed by atoms with E-state index in [9.17, 15) is 4.79 Å². The number of alkyl halides is 1. The zero-order valence-electron chi connectivity index (χ0n) is 9.09. The quantitative estimate of drug-likeness (QED) is 0.837. The molecule has 0 radical (unpaired) electrons. The Bertz CT molecular complexity index is 321. The Morgan fingerprint density at radius 3 is 2.47 bits per heavy atom. The monoisotopic (exact) mass is 269 g/mol. The molecule has 0 aliphatic rings. The molecule has 1 aromatic rings. The Morgan fingerprint density at radius 2 is 2.00 bits per heavy atom. The standard InChI is InChI=1S/C12H16BrNO/c1-3-11(14-12(15)8-13)10-6-4-9(2)5-7-10/h4-7,11H,3,8H2,1-2H3,(H,14,15).